The van der Waals surface area contributed by atoms with Crippen LogP contribution in [0.4, 0.5) is 0 Å². The van der Waals surface area contributed by atoms with Crippen molar-refractivity contribution in [3.8, 4) is 22.8 Å². The number of amides is 1. The molecule has 1 saturated heterocycles. The lowest BCUT2D eigenvalue weighted by Gasteiger charge is -2.29. The fourth-order valence-electron chi connectivity index (χ4n) is 4.95. The number of nitrogens with one attached hydrogen (secondary N) is 1. The fraction of sp³-hybridized carbons (Fsp3) is 0.429. The molecule has 0 radical (unpaired) electrons. The zero-order valence-corrected chi connectivity index (χ0v) is 21.7. The largest absolute Gasteiger partial charge is 0.493 e. The Labute approximate surface area is 216 Å². The van der Waals surface area contributed by atoms with Crippen molar-refractivity contribution in [1.29, 1.82) is 0 Å². The normalized spacial score (nSPS) is 19.2. The van der Waals surface area contributed by atoms with Crippen LogP contribution in [0.15, 0.2) is 42.5 Å². The predicted octanol–water partition coefficient (Wildman–Crippen LogP) is 5.89. The summed E-state index contributed by atoms with van der Waals surface area (Å²) in [7, 11) is 1.64. The third-order valence-electron chi connectivity index (χ3n) is 6.86. The van der Waals surface area contributed by atoms with Gasteiger partial charge in [-0.2, -0.15) is 5.10 Å². The van der Waals surface area contributed by atoms with Crippen LogP contribution >= 0.6 is 11.6 Å². The Morgan fingerprint density at radius 1 is 1.19 bits per heavy atom. The average Bonchev–Trinajstić information content (AvgIpc) is 3.59. The van der Waals surface area contributed by atoms with E-state index in [1.54, 1.807) is 7.11 Å². The van der Waals surface area contributed by atoms with Crippen molar-refractivity contribution in [2.24, 2.45) is 5.92 Å². The number of ether oxygens (including phenoxy) is 3. The summed E-state index contributed by atoms with van der Waals surface area (Å²) in [4.78, 5) is 15.5. The van der Waals surface area contributed by atoms with Crippen molar-refractivity contribution < 1.29 is 19.0 Å². The number of carbonyl (C=O) groups is 1. The summed E-state index contributed by atoms with van der Waals surface area (Å²) in [6.45, 7) is 6.21. The predicted molar refractivity (Wildman–Crippen MR) is 139 cm³/mol. The van der Waals surface area contributed by atoms with E-state index in [0.29, 0.717) is 41.3 Å². The molecule has 2 unspecified atom stereocenters. The molecule has 1 N–H and O–H groups in total. The van der Waals surface area contributed by atoms with Crippen molar-refractivity contribution in [3.63, 3.8) is 0 Å². The molecule has 2 aromatic carbocycles. The van der Waals surface area contributed by atoms with Gasteiger partial charge in [0.1, 0.15) is 5.69 Å². The minimum atomic E-state index is -0.334. The molecule has 2 aliphatic heterocycles. The van der Waals surface area contributed by atoms with Gasteiger partial charge >= 0.3 is 0 Å². The highest BCUT2D eigenvalue weighted by Gasteiger charge is 2.43. The van der Waals surface area contributed by atoms with E-state index in [9.17, 15) is 4.79 Å². The number of aromatic amines is 1. The third-order valence-corrected chi connectivity index (χ3v) is 7.11. The molecule has 0 aliphatic carbocycles. The Bertz CT molecular complexity index is 1220. The number of aromatic nitrogens is 2. The molecule has 1 aromatic heterocycles. The second kappa shape index (κ2) is 10.5. The molecule has 2 aliphatic rings. The molecule has 8 heteroatoms. The van der Waals surface area contributed by atoms with Crippen molar-refractivity contribution in [2.45, 2.75) is 45.3 Å². The summed E-state index contributed by atoms with van der Waals surface area (Å²) in [5, 5.41) is 8.21. The number of carbonyl (C=O) groups excluding carboxylic acids is 1. The number of nitrogens with zero attached hydrogens (tertiary/aromatic N) is 2. The molecule has 1 amide bonds. The van der Waals surface area contributed by atoms with Crippen molar-refractivity contribution in [2.75, 3.05) is 26.9 Å². The highest BCUT2D eigenvalue weighted by atomic mass is 35.5. The molecule has 0 spiro atoms. The van der Waals surface area contributed by atoms with E-state index in [-0.39, 0.29) is 18.1 Å². The molecule has 190 valence electrons. The second-order valence-corrected chi connectivity index (χ2v) is 10.2. The van der Waals surface area contributed by atoms with Crippen LogP contribution in [0.3, 0.4) is 0 Å². The van der Waals surface area contributed by atoms with Crippen LogP contribution in [-0.2, 0) is 4.74 Å². The van der Waals surface area contributed by atoms with Crippen LogP contribution in [0.1, 0.15) is 60.8 Å². The molecular weight excluding hydrogens is 478 g/mol. The Kier molecular flexibility index (Phi) is 7.21. The van der Waals surface area contributed by atoms with Crippen molar-refractivity contribution >= 4 is 17.5 Å². The molecule has 0 bridgehead atoms. The number of methoxy groups -OCH3 is 1. The van der Waals surface area contributed by atoms with Gasteiger partial charge < -0.3 is 19.1 Å². The summed E-state index contributed by atoms with van der Waals surface area (Å²) in [6, 6.07) is 13.1. The Balaban J connectivity index is 1.55. The number of H-pyrrole nitrogens is 1. The Morgan fingerprint density at radius 2 is 2.00 bits per heavy atom. The number of fused-ring (bicyclic) bond motifs is 1. The first-order valence-electron chi connectivity index (χ1n) is 12.5. The molecule has 3 aromatic rings. The van der Waals surface area contributed by atoms with Gasteiger partial charge in [0.25, 0.3) is 5.91 Å². The number of benzene rings is 2. The molecule has 1 fully saturated rings. The number of rotatable bonds is 9. The zero-order valence-electron chi connectivity index (χ0n) is 20.9. The Morgan fingerprint density at radius 3 is 2.69 bits per heavy atom. The lowest BCUT2D eigenvalue weighted by molar-refractivity contribution is 0.0495. The minimum absolute atomic E-state index is 0.0212. The highest BCUT2D eigenvalue weighted by Crippen LogP contribution is 2.45. The summed E-state index contributed by atoms with van der Waals surface area (Å²) < 4.78 is 17.6. The van der Waals surface area contributed by atoms with Gasteiger partial charge in [0.05, 0.1) is 31.6 Å². The van der Waals surface area contributed by atoms with Crippen molar-refractivity contribution in [1.82, 2.24) is 15.1 Å². The van der Waals surface area contributed by atoms with Gasteiger partial charge in [-0.1, -0.05) is 43.6 Å². The number of halogens is 1. The van der Waals surface area contributed by atoms with Crippen LogP contribution in [0.5, 0.6) is 11.5 Å². The van der Waals surface area contributed by atoms with Gasteiger partial charge in [0.2, 0.25) is 0 Å². The molecular formula is C28H32ClN3O4. The maximum absolute atomic E-state index is 13.6. The first kappa shape index (κ1) is 24.7. The number of hydrogen-bond donors (Lipinski definition) is 1. The summed E-state index contributed by atoms with van der Waals surface area (Å²) in [5.41, 5.74) is 3.94. The molecule has 0 saturated carbocycles. The van der Waals surface area contributed by atoms with E-state index in [1.165, 1.54) is 0 Å². The quantitative estimate of drug-likeness (QED) is 0.389. The standard InChI is InChI=1S/C28H32ClN3O4/c1-17(2)12-14-36-22-11-8-19(15-23(22)34-3)27-24-25(18-6-9-20(29)10-7-18)30-31-26(24)28(33)32(27)16-21-5-4-13-35-21/h6-11,15,17,21,27H,4-5,12-14,16H2,1-3H3,(H,30,31). The van der Waals surface area contributed by atoms with E-state index < -0.39 is 0 Å². The van der Waals surface area contributed by atoms with E-state index >= 15 is 0 Å². The number of hydrogen-bond acceptors (Lipinski definition) is 5. The van der Waals surface area contributed by atoms with Gasteiger partial charge in [-0.3, -0.25) is 9.89 Å². The third kappa shape index (κ3) is 4.82. The Hall–Kier alpha value is -3.03. The maximum Gasteiger partial charge on any atom is 0.273 e. The molecule has 7 nitrogen and oxygen atoms in total. The molecule has 3 heterocycles. The van der Waals surface area contributed by atoms with Gasteiger partial charge in [0.15, 0.2) is 11.5 Å². The minimum Gasteiger partial charge on any atom is -0.493 e. The first-order chi connectivity index (χ1) is 17.5. The van der Waals surface area contributed by atoms with Gasteiger partial charge in [-0.15, -0.1) is 0 Å². The monoisotopic (exact) mass is 509 g/mol. The fourth-order valence-corrected chi connectivity index (χ4v) is 5.07. The maximum atomic E-state index is 13.6. The lowest BCUT2D eigenvalue weighted by Crippen LogP contribution is -2.36. The lowest BCUT2D eigenvalue weighted by atomic mass is 9.95. The first-order valence-corrected chi connectivity index (χ1v) is 12.9. The zero-order chi connectivity index (χ0) is 25.2. The van der Waals surface area contributed by atoms with Gasteiger partial charge in [0, 0.05) is 29.3 Å². The highest BCUT2D eigenvalue weighted by molar-refractivity contribution is 6.30. The van der Waals surface area contributed by atoms with Crippen LogP contribution in [0.25, 0.3) is 11.3 Å². The second-order valence-electron chi connectivity index (χ2n) is 9.80. The van der Waals surface area contributed by atoms with Gasteiger partial charge in [-0.25, -0.2) is 0 Å². The summed E-state index contributed by atoms with van der Waals surface area (Å²) >= 11 is 6.13. The smallest absolute Gasteiger partial charge is 0.273 e. The van der Waals surface area contributed by atoms with Crippen LogP contribution in [0, 0.1) is 5.92 Å². The van der Waals surface area contributed by atoms with Crippen LogP contribution in [-0.4, -0.2) is 54.0 Å². The van der Waals surface area contributed by atoms with Crippen molar-refractivity contribution in [3.05, 3.63) is 64.3 Å². The average molecular weight is 510 g/mol. The molecule has 36 heavy (non-hydrogen) atoms. The molecule has 2 atom stereocenters. The SMILES string of the molecule is COc1cc(C2c3c(-c4ccc(Cl)cc4)n[nH]c3C(=O)N2CC2CCCO2)ccc1OCCC(C)C. The van der Waals surface area contributed by atoms with Gasteiger partial charge in [-0.05, 0) is 55.0 Å². The van der Waals surface area contributed by atoms with E-state index in [0.717, 1.165) is 48.3 Å². The van der Waals surface area contributed by atoms with Crippen LogP contribution < -0.4 is 9.47 Å². The van der Waals surface area contributed by atoms with E-state index in [1.807, 2.05) is 47.4 Å². The topological polar surface area (TPSA) is 76.7 Å². The van der Waals surface area contributed by atoms with E-state index in [2.05, 4.69) is 24.0 Å². The summed E-state index contributed by atoms with van der Waals surface area (Å²) in [6.07, 6.45) is 2.93. The van der Waals surface area contributed by atoms with Crippen LogP contribution in [0.2, 0.25) is 5.02 Å². The molecule has 5 rings (SSSR count). The van der Waals surface area contributed by atoms with E-state index in [4.69, 9.17) is 25.8 Å². The summed E-state index contributed by atoms with van der Waals surface area (Å²) in [5.74, 6) is 1.82.